The fourth-order valence-corrected chi connectivity index (χ4v) is 4.31. The molecule has 2 aromatic heterocycles. The first-order valence-electron chi connectivity index (χ1n) is 11.9. The Morgan fingerprint density at radius 2 is 1.58 bits per heavy atom. The van der Waals surface area contributed by atoms with Gasteiger partial charge in [-0.1, -0.05) is 13.0 Å². The maximum absolute atomic E-state index is 4.96. The topological polar surface area (TPSA) is 63.1 Å². The van der Waals surface area contributed by atoms with Crippen molar-refractivity contribution in [3.63, 3.8) is 0 Å². The van der Waals surface area contributed by atoms with Crippen molar-refractivity contribution in [3.8, 4) is 0 Å². The van der Waals surface area contributed by atoms with Crippen LogP contribution >= 0.6 is 24.0 Å². The van der Waals surface area contributed by atoms with Gasteiger partial charge in [0.15, 0.2) is 5.96 Å². The third kappa shape index (κ3) is 6.92. The zero-order valence-corrected chi connectivity index (χ0v) is 22.2. The van der Waals surface area contributed by atoms with Crippen LogP contribution in [0.2, 0.25) is 0 Å². The number of pyridine rings is 2. The van der Waals surface area contributed by atoms with Gasteiger partial charge in [0.05, 0.1) is 6.54 Å². The minimum Gasteiger partial charge on any atom is -0.357 e. The van der Waals surface area contributed by atoms with E-state index in [0.29, 0.717) is 6.54 Å². The van der Waals surface area contributed by atoms with E-state index in [-0.39, 0.29) is 24.0 Å². The third-order valence-electron chi connectivity index (χ3n) is 6.25. The molecule has 8 nitrogen and oxygen atoms in total. The van der Waals surface area contributed by atoms with Gasteiger partial charge < -0.3 is 24.9 Å². The fraction of sp³-hybridized carbons (Fsp3) is 0.542. The Morgan fingerprint density at radius 1 is 0.879 bits per heavy atom. The highest BCUT2D eigenvalue weighted by atomic mass is 127. The lowest BCUT2D eigenvalue weighted by molar-refractivity contribution is 0.270. The highest BCUT2D eigenvalue weighted by Gasteiger charge is 2.20. The normalized spacial score (nSPS) is 17.6. The van der Waals surface area contributed by atoms with Gasteiger partial charge >= 0.3 is 0 Å². The number of likely N-dealkylation sites (N-methyl/N-ethyl adjacent to an activating group) is 1. The zero-order chi connectivity index (χ0) is 22.2. The lowest BCUT2D eigenvalue weighted by atomic mass is 10.2. The minimum atomic E-state index is 0. The van der Waals surface area contributed by atoms with E-state index < -0.39 is 0 Å². The number of aliphatic imine (C=N–C) groups is 1. The van der Waals surface area contributed by atoms with Gasteiger partial charge in [-0.05, 0) is 43.3 Å². The van der Waals surface area contributed by atoms with Crippen LogP contribution in [-0.4, -0.2) is 91.2 Å². The monoisotopic (exact) mass is 564 g/mol. The van der Waals surface area contributed by atoms with Gasteiger partial charge in [-0.2, -0.15) is 0 Å². The molecule has 0 bridgehead atoms. The minimum absolute atomic E-state index is 0. The standard InChI is InChI=1S/C24H36N8.HI/c1-3-25-24(32-17-15-30(16-18-32)22-7-5-6-9-26-22)28-20-21-8-10-27-23(19-21)31-13-11-29(4-2)12-14-31;/h5-10,19H,3-4,11-18,20H2,1-2H3,(H,25,28);1H. The van der Waals surface area contributed by atoms with Gasteiger partial charge in [-0.3, -0.25) is 0 Å². The molecule has 9 heteroatoms. The second kappa shape index (κ2) is 12.9. The molecular formula is C24H37IN8. The van der Waals surface area contributed by atoms with Crippen LogP contribution < -0.4 is 15.1 Å². The number of guanidine groups is 1. The predicted molar refractivity (Wildman–Crippen MR) is 147 cm³/mol. The Hall–Kier alpha value is -2.14. The van der Waals surface area contributed by atoms with Crippen LogP contribution in [0.5, 0.6) is 0 Å². The van der Waals surface area contributed by atoms with Gasteiger partial charge in [0, 0.05) is 71.3 Å². The highest BCUT2D eigenvalue weighted by Crippen LogP contribution is 2.16. The number of hydrogen-bond acceptors (Lipinski definition) is 6. The molecule has 0 aliphatic carbocycles. The summed E-state index contributed by atoms with van der Waals surface area (Å²) >= 11 is 0. The van der Waals surface area contributed by atoms with Gasteiger partial charge in [0.25, 0.3) is 0 Å². The van der Waals surface area contributed by atoms with E-state index in [0.717, 1.165) is 83.0 Å². The molecule has 1 N–H and O–H groups in total. The molecule has 4 rings (SSSR count). The van der Waals surface area contributed by atoms with Crippen molar-refractivity contribution in [2.45, 2.75) is 20.4 Å². The Kier molecular flexibility index (Phi) is 9.98. The Labute approximate surface area is 215 Å². The summed E-state index contributed by atoms with van der Waals surface area (Å²) in [7, 11) is 0. The third-order valence-corrected chi connectivity index (χ3v) is 6.25. The molecule has 0 atom stereocenters. The van der Waals surface area contributed by atoms with E-state index in [1.165, 1.54) is 5.56 Å². The number of nitrogens with zero attached hydrogens (tertiary/aromatic N) is 7. The van der Waals surface area contributed by atoms with E-state index in [2.05, 4.69) is 66.9 Å². The molecule has 2 aliphatic rings. The van der Waals surface area contributed by atoms with E-state index in [1.54, 1.807) is 0 Å². The molecular weight excluding hydrogens is 527 g/mol. The maximum Gasteiger partial charge on any atom is 0.194 e. The van der Waals surface area contributed by atoms with Crippen LogP contribution in [0, 0.1) is 0 Å². The van der Waals surface area contributed by atoms with Crippen LogP contribution in [0.15, 0.2) is 47.7 Å². The highest BCUT2D eigenvalue weighted by molar-refractivity contribution is 14.0. The molecule has 180 valence electrons. The molecule has 2 saturated heterocycles. The van der Waals surface area contributed by atoms with Gasteiger partial charge in [-0.15, -0.1) is 24.0 Å². The van der Waals surface area contributed by atoms with E-state index in [4.69, 9.17) is 4.99 Å². The molecule has 0 saturated carbocycles. The molecule has 0 aromatic carbocycles. The number of rotatable bonds is 6. The van der Waals surface area contributed by atoms with Crippen LogP contribution in [0.1, 0.15) is 19.4 Å². The smallest absolute Gasteiger partial charge is 0.194 e. The Balaban J connectivity index is 0.00000306. The first-order valence-corrected chi connectivity index (χ1v) is 11.9. The predicted octanol–water partition coefficient (Wildman–Crippen LogP) is 2.52. The molecule has 0 amide bonds. The number of nitrogens with one attached hydrogen (secondary N) is 1. The summed E-state index contributed by atoms with van der Waals surface area (Å²) in [4.78, 5) is 23.6. The quantitative estimate of drug-likeness (QED) is 0.329. The van der Waals surface area contributed by atoms with Crippen LogP contribution in [0.4, 0.5) is 11.6 Å². The molecule has 0 radical (unpaired) electrons. The molecule has 2 aromatic rings. The molecule has 2 fully saturated rings. The van der Waals surface area contributed by atoms with Gasteiger partial charge in [0.1, 0.15) is 11.6 Å². The maximum atomic E-state index is 4.96. The first-order chi connectivity index (χ1) is 15.8. The van der Waals surface area contributed by atoms with Crippen molar-refractivity contribution in [1.82, 2.24) is 25.1 Å². The van der Waals surface area contributed by atoms with E-state index in [9.17, 15) is 0 Å². The fourth-order valence-electron chi connectivity index (χ4n) is 4.31. The van der Waals surface area contributed by atoms with Crippen molar-refractivity contribution in [1.29, 1.82) is 0 Å². The number of aromatic nitrogens is 2. The SMILES string of the molecule is CCNC(=NCc1ccnc(N2CCN(CC)CC2)c1)N1CCN(c2ccccn2)CC1.I. The lowest BCUT2D eigenvalue weighted by Crippen LogP contribution is -2.52. The van der Waals surface area contributed by atoms with E-state index in [1.807, 2.05) is 24.5 Å². The van der Waals surface area contributed by atoms with Crippen molar-refractivity contribution < 1.29 is 0 Å². The Bertz CT molecular complexity index is 862. The van der Waals surface area contributed by atoms with Crippen molar-refractivity contribution >= 4 is 41.6 Å². The number of anilines is 2. The summed E-state index contributed by atoms with van der Waals surface area (Å²) in [5, 5.41) is 3.48. The second-order valence-electron chi connectivity index (χ2n) is 8.28. The molecule has 2 aliphatic heterocycles. The molecule has 0 spiro atoms. The lowest BCUT2D eigenvalue weighted by Gasteiger charge is -2.37. The summed E-state index contributed by atoms with van der Waals surface area (Å²) in [6, 6.07) is 10.4. The van der Waals surface area contributed by atoms with Gasteiger partial charge in [-0.25, -0.2) is 15.0 Å². The average molecular weight is 565 g/mol. The number of piperazine rings is 2. The molecule has 4 heterocycles. The summed E-state index contributed by atoms with van der Waals surface area (Å²) in [6.45, 7) is 15.1. The van der Waals surface area contributed by atoms with Crippen LogP contribution in [-0.2, 0) is 6.54 Å². The van der Waals surface area contributed by atoms with Crippen molar-refractivity contribution in [2.24, 2.45) is 4.99 Å². The first kappa shape index (κ1) is 25.5. The Morgan fingerprint density at radius 3 is 2.24 bits per heavy atom. The number of halogens is 1. The molecule has 33 heavy (non-hydrogen) atoms. The van der Waals surface area contributed by atoms with Crippen molar-refractivity contribution in [2.75, 3.05) is 75.2 Å². The largest absolute Gasteiger partial charge is 0.357 e. The summed E-state index contributed by atoms with van der Waals surface area (Å²) in [5.74, 6) is 3.11. The zero-order valence-electron chi connectivity index (χ0n) is 19.9. The summed E-state index contributed by atoms with van der Waals surface area (Å²) < 4.78 is 0. The average Bonchev–Trinajstić information content (AvgIpc) is 2.87. The van der Waals surface area contributed by atoms with Crippen molar-refractivity contribution in [3.05, 3.63) is 48.3 Å². The van der Waals surface area contributed by atoms with Gasteiger partial charge in [0.2, 0.25) is 0 Å². The summed E-state index contributed by atoms with van der Waals surface area (Å²) in [6.07, 6.45) is 3.78. The van der Waals surface area contributed by atoms with Crippen LogP contribution in [0.3, 0.4) is 0 Å². The summed E-state index contributed by atoms with van der Waals surface area (Å²) in [5.41, 5.74) is 1.20. The molecule has 0 unspecified atom stereocenters. The number of hydrogen-bond donors (Lipinski definition) is 1. The van der Waals surface area contributed by atoms with Crippen LogP contribution in [0.25, 0.3) is 0 Å². The second-order valence-corrected chi connectivity index (χ2v) is 8.28. The van der Waals surface area contributed by atoms with E-state index >= 15 is 0 Å².